The van der Waals surface area contributed by atoms with Crippen LogP contribution in [-0.4, -0.2) is 30.5 Å². The maximum atomic E-state index is 13.9. The Morgan fingerprint density at radius 1 is 1.21 bits per heavy atom. The van der Waals surface area contributed by atoms with E-state index >= 15 is 0 Å². The number of halogens is 2. The minimum Gasteiger partial charge on any atom is -0.469 e. The number of benzene rings is 1. The first-order valence-electron chi connectivity index (χ1n) is 7.19. The Morgan fingerprint density at radius 2 is 1.96 bits per heavy atom. The second kappa shape index (κ2) is 7.63. The highest BCUT2D eigenvalue weighted by atomic mass is 19.1. The molecule has 0 saturated heterocycles. The number of methoxy groups -OCH3 is 1. The fraction of sp³-hybridized carbons (Fsp3) is 0.235. The number of hydrogen-bond donors (Lipinski definition) is 0. The Bertz CT molecular complexity index is 765. The summed E-state index contributed by atoms with van der Waals surface area (Å²) in [7, 11) is 1.24. The van der Waals surface area contributed by atoms with Gasteiger partial charge in [-0.05, 0) is 31.2 Å². The van der Waals surface area contributed by atoms with Gasteiger partial charge in [0.05, 0.1) is 19.1 Å². The van der Waals surface area contributed by atoms with Crippen molar-refractivity contribution in [3.8, 4) is 0 Å². The number of aromatic nitrogens is 1. The summed E-state index contributed by atoms with van der Waals surface area (Å²) in [4.78, 5) is 29.4. The number of esters is 1. The summed E-state index contributed by atoms with van der Waals surface area (Å²) in [5, 5.41) is 0. The van der Waals surface area contributed by atoms with E-state index in [2.05, 4.69) is 9.72 Å². The van der Waals surface area contributed by atoms with E-state index in [0.717, 1.165) is 12.1 Å². The zero-order valence-electron chi connectivity index (χ0n) is 13.3. The van der Waals surface area contributed by atoms with E-state index < -0.39 is 23.5 Å². The van der Waals surface area contributed by atoms with Crippen LogP contribution in [0, 0.1) is 18.6 Å². The highest BCUT2D eigenvalue weighted by Gasteiger charge is 2.23. The Balaban J connectivity index is 2.37. The Morgan fingerprint density at radius 3 is 2.58 bits per heavy atom. The Hall–Kier alpha value is -2.83. The molecular weight excluding hydrogens is 318 g/mol. The summed E-state index contributed by atoms with van der Waals surface area (Å²) in [6.45, 7) is 1.70. The molecular formula is C17H16F2N2O3. The van der Waals surface area contributed by atoms with Crippen molar-refractivity contribution < 1.29 is 23.1 Å². The van der Waals surface area contributed by atoms with Crippen LogP contribution in [0.3, 0.4) is 0 Å². The lowest BCUT2D eigenvalue weighted by atomic mass is 10.1. The van der Waals surface area contributed by atoms with Gasteiger partial charge in [0.1, 0.15) is 17.5 Å². The van der Waals surface area contributed by atoms with Crippen LogP contribution >= 0.6 is 0 Å². The van der Waals surface area contributed by atoms with Gasteiger partial charge in [-0.2, -0.15) is 0 Å². The van der Waals surface area contributed by atoms with Gasteiger partial charge in [0, 0.05) is 18.3 Å². The van der Waals surface area contributed by atoms with E-state index in [-0.39, 0.29) is 24.3 Å². The van der Waals surface area contributed by atoms with Crippen LogP contribution in [0.5, 0.6) is 0 Å². The fourth-order valence-electron chi connectivity index (χ4n) is 2.11. The number of pyridine rings is 1. The number of nitrogens with zero attached hydrogens (tertiary/aromatic N) is 2. The average molecular weight is 334 g/mol. The van der Waals surface area contributed by atoms with Gasteiger partial charge in [0.25, 0.3) is 5.91 Å². The van der Waals surface area contributed by atoms with Crippen LogP contribution < -0.4 is 4.90 Å². The number of carbonyl (C=O) groups excluding carboxylic acids is 2. The molecule has 0 aliphatic rings. The van der Waals surface area contributed by atoms with Crippen molar-refractivity contribution in [3.63, 3.8) is 0 Å². The molecule has 0 atom stereocenters. The monoisotopic (exact) mass is 334 g/mol. The van der Waals surface area contributed by atoms with Gasteiger partial charge >= 0.3 is 5.97 Å². The zero-order chi connectivity index (χ0) is 17.7. The molecule has 0 aliphatic carbocycles. The standard InChI is InChI=1S/C17H16F2N2O3/c1-11-4-3-5-15(20-11)21(9-8-16(22)24-2)17(23)13-7-6-12(18)10-14(13)19/h3-7,10H,8-9H2,1-2H3. The number of ether oxygens (including phenoxy) is 1. The highest BCUT2D eigenvalue weighted by Crippen LogP contribution is 2.18. The molecule has 5 nitrogen and oxygen atoms in total. The first-order chi connectivity index (χ1) is 11.4. The quantitative estimate of drug-likeness (QED) is 0.789. The zero-order valence-corrected chi connectivity index (χ0v) is 13.3. The minimum absolute atomic E-state index is 0.0429. The third-order valence-electron chi connectivity index (χ3n) is 3.32. The number of hydrogen-bond acceptors (Lipinski definition) is 4. The molecule has 24 heavy (non-hydrogen) atoms. The molecule has 0 aliphatic heterocycles. The summed E-state index contributed by atoms with van der Waals surface area (Å²) in [6.07, 6.45) is -0.0827. The SMILES string of the molecule is COC(=O)CCN(C(=O)c1ccc(F)cc1F)c1cccc(C)n1. The van der Waals surface area contributed by atoms with Gasteiger partial charge in [0.15, 0.2) is 0 Å². The molecule has 1 aromatic heterocycles. The first-order valence-corrected chi connectivity index (χ1v) is 7.19. The van der Waals surface area contributed by atoms with Crippen LogP contribution in [0.25, 0.3) is 0 Å². The molecule has 1 aromatic carbocycles. The molecule has 7 heteroatoms. The lowest BCUT2D eigenvalue weighted by Crippen LogP contribution is -2.34. The van der Waals surface area contributed by atoms with E-state index in [9.17, 15) is 18.4 Å². The number of anilines is 1. The van der Waals surface area contributed by atoms with Crippen molar-refractivity contribution >= 4 is 17.7 Å². The van der Waals surface area contributed by atoms with Crippen molar-refractivity contribution in [1.29, 1.82) is 0 Å². The molecule has 0 saturated carbocycles. The van der Waals surface area contributed by atoms with Crippen molar-refractivity contribution in [3.05, 3.63) is 59.3 Å². The van der Waals surface area contributed by atoms with Crippen LogP contribution in [0.4, 0.5) is 14.6 Å². The maximum Gasteiger partial charge on any atom is 0.307 e. The highest BCUT2D eigenvalue weighted by molar-refractivity contribution is 6.06. The van der Waals surface area contributed by atoms with Gasteiger partial charge in [-0.15, -0.1) is 0 Å². The van der Waals surface area contributed by atoms with Crippen molar-refractivity contribution in [2.24, 2.45) is 0 Å². The van der Waals surface area contributed by atoms with E-state index in [1.807, 2.05) is 0 Å². The first kappa shape index (κ1) is 17.5. The second-order valence-corrected chi connectivity index (χ2v) is 5.04. The van der Waals surface area contributed by atoms with Gasteiger partial charge in [-0.3, -0.25) is 14.5 Å². The molecule has 0 fully saturated rings. The predicted octanol–water partition coefficient (Wildman–Crippen LogP) is 2.88. The van der Waals surface area contributed by atoms with E-state index in [0.29, 0.717) is 11.8 Å². The molecule has 0 radical (unpaired) electrons. The fourth-order valence-corrected chi connectivity index (χ4v) is 2.11. The van der Waals surface area contributed by atoms with Gasteiger partial charge < -0.3 is 4.74 Å². The third-order valence-corrected chi connectivity index (χ3v) is 3.32. The van der Waals surface area contributed by atoms with Crippen molar-refractivity contribution in [1.82, 2.24) is 4.98 Å². The molecule has 0 spiro atoms. The van der Waals surface area contributed by atoms with Gasteiger partial charge in [-0.25, -0.2) is 13.8 Å². The Kier molecular flexibility index (Phi) is 5.57. The predicted molar refractivity (Wildman–Crippen MR) is 83.6 cm³/mol. The number of rotatable bonds is 5. The van der Waals surface area contributed by atoms with Crippen LogP contribution in [-0.2, 0) is 9.53 Å². The molecule has 2 aromatic rings. The molecule has 1 amide bonds. The Labute approximate surface area is 137 Å². The minimum atomic E-state index is -0.976. The number of amides is 1. The number of aryl methyl sites for hydroxylation is 1. The largest absolute Gasteiger partial charge is 0.469 e. The summed E-state index contributed by atoms with van der Waals surface area (Å²) in [6, 6.07) is 7.70. The van der Waals surface area contributed by atoms with E-state index in [1.165, 1.54) is 12.0 Å². The molecule has 0 N–H and O–H groups in total. The summed E-state index contributed by atoms with van der Waals surface area (Å²) < 4.78 is 31.5. The topological polar surface area (TPSA) is 59.5 Å². The smallest absolute Gasteiger partial charge is 0.307 e. The van der Waals surface area contributed by atoms with Gasteiger partial charge in [0.2, 0.25) is 0 Å². The number of carbonyl (C=O) groups is 2. The lowest BCUT2D eigenvalue weighted by molar-refractivity contribution is -0.140. The summed E-state index contributed by atoms with van der Waals surface area (Å²) >= 11 is 0. The van der Waals surface area contributed by atoms with Gasteiger partial charge in [-0.1, -0.05) is 6.07 Å². The van der Waals surface area contributed by atoms with E-state index in [4.69, 9.17) is 0 Å². The second-order valence-electron chi connectivity index (χ2n) is 5.04. The van der Waals surface area contributed by atoms with Crippen LogP contribution in [0.1, 0.15) is 22.5 Å². The van der Waals surface area contributed by atoms with E-state index in [1.54, 1.807) is 25.1 Å². The molecule has 126 valence electrons. The molecule has 2 rings (SSSR count). The molecule has 0 unspecified atom stereocenters. The van der Waals surface area contributed by atoms with Crippen LogP contribution in [0.15, 0.2) is 36.4 Å². The van der Waals surface area contributed by atoms with Crippen molar-refractivity contribution in [2.45, 2.75) is 13.3 Å². The molecule has 0 bridgehead atoms. The lowest BCUT2D eigenvalue weighted by Gasteiger charge is -2.22. The maximum absolute atomic E-state index is 13.9. The summed E-state index contributed by atoms with van der Waals surface area (Å²) in [5.74, 6) is -2.71. The normalized spacial score (nSPS) is 10.3. The summed E-state index contributed by atoms with van der Waals surface area (Å²) in [5.41, 5.74) is 0.354. The average Bonchev–Trinajstić information content (AvgIpc) is 2.54. The molecule has 1 heterocycles. The van der Waals surface area contributed by atoms with Crippen molar-refractivity contribution in [2.75, 3.05) is 18.6 Å². The van der Waals surface area contributed by atoms with Crippen LogP contribution in [0.2, 0.25) is 0 Å². The third kappa shape index (κ3) is 4.13.